The summed E-state index contributed by atoms with van der Waals surface area (Å²) in [6.45, 7) is 3.62. The highest BCUT2D eigenvalue weighted by atomic mass is 35.5. The fourth-order valence-corrected chi connectivity index (χ4v) is 2.14. The summed E-state index contributed by atoms with van der Waals surface area (Å²) in [7, 11) is 0. The fourth-order valence-electron chi connectivity index (χ4n) is 2.01. The maximum absolute atomic E-state index is 12.0. The number of aromatic nitrogens is 2. The van der Waals surface area contributed by atoms with E-state index < -0.39 is 6.04 Å². The third kappa shape index (κ3) is 2.47. The third-order valence-corrected chi connectivity index (χ3v) is 3.53. The number of amides is 1. The van der Waals surface area contributed by atoms with Crippen molar-refractivity contribution < 1.29 is 4.79 Å². The van der Waals surface area contributed by atoms with Crippen LogP contribution in [0.1, 0.15) is 23.0 Å². The molecule has 1 unspecified atom stereocenters. The Morgan fingerprint density at radius 1 is 1.37 bits per heavy atom. The first kappa shape index (κ1) is 13.6. The SMILES string of the molecule is Cc1nn(C(C(=O)NN)c2ccccc2)c(C)c1Cl. The molecule has 1 atom stereocenters. The Morgan fingerprint density at radius 3 is 2.47 bits per heavy atom. The number of nitrogens with zero attached hydrogens (tertiary/aromatic N) is 2. The molecule has 0 saturated carbocycles. The quantitative estimate of drug-likeness (QED) is 0.510. The lowest BCUT2D eigenvalue weighted by Gasteiger charge is -2.18. The smallest absolute Gasteiger partial charge is 0.263 e. The average molecular weight is 279 g/mol. The second kappa shape index (κ2) is 5.42. The largest absolute Gasteiger partial charge is 0.292 e. The van der Waals surface area contributed by atoms with Gasteiger partial charge in [0.1, 0.15) is 0 Å². The molecular formula is C13H15ClN4O. The zero-order valence-electron chi connectivity index (χ0n) is 10.7. The van der Waals surface area contributed by atoms with Crippen LogP contribution >= 0.6 is 11.6 Å². The van der Waals surface area contributed by atoms with Crippen LogP contribution in [-0.4, -0.2) is 15.7 Å². The molecule has 5 nitrogen and oxygen atoms in total. The molecule has 2 aromatic rings. The van der Waals surface area contributed by atoms with E-state index in [0.29, 0.717) is 10.7 Å². The molecule has 0 fully saturated rings. The second-order valence-electron chi connectivity index (χ2n) is 4.25. The lowest BCUT2D eigenvalue weighted by atomic mass is 10.1. The van der Waals surface area contributed by atoms with Gasteiger partial charge in [0.25, 0.3) is 5.91 Å². The zero-order valence-corrected chi connectivity index (χ0v) is 11.5. The summed E-state index contributed by atoms with van der Waals surface area (Å²) < 4.78 is 1.59. The Hall–Kier alpha value is -1.85. The average Bonchev–Trinajstić information content (AvgIpc) is 2.68. The van der Waals surface area contributed by atoms with E-state index in [1.54, 1.807) is 11.6 Å². The molecule has 0 aliphatic rings. The number of hydrogen-bond acceptors (Lipinski definition) is 3. The zero-order chi connectivity index (χ0) is 14.0. The number of nitrogens with two attached hydrogens (primary N) is 1. The van der Waals surface area contributed by atoms with Gasteiger partial charge in [0.05, 0.1) is 16.4 Å². The molecule has 0 saturated heterocycles. The van der Waals surface area contributed by atoms with Crippen molar-refractivity contribution >= 4 is 17.5 Å². The molecule has 0 bridgehead atoms. The topological polar surface area (TPSA) is 72.9 Å². The summed E-state index contributed by atoms with van der Waals surface area (Å²) in [5, 5.41) is 4.88. The van der Waals surface area contributed by atoms with E-state index in [4.69, 9.17) is 17.4 Å². The van der Waals surface area contributed by atoms with Gasteiger partial charge in [-0.1, -0.05) is 41.9 Å². The minimum Gasteiger partial charge on any atom is -0.292 e. The van der Waals surface area contributed by atoms with E-state index in [-0.39, 0.29) is 5.91 Å². The van der Waals surface area contributed by atoms with E-state index in [1.807, 2.05) is 37.3 Å². The number of nitrogens with one attached hydrogen (secondary N) is 1. The van der Waals surface area contributed by atoms with Crippen molar-refractivity contribution in [3.8, 4) is 0 Å². The number of halogens is 1. The number of carbonyl (C=O) groups is 1. The monoisotopic (exact) mass is 278 g/mol. The second-order valence-corrected chi connectivity index (χ2v) is 4.63. The minimum absolute atomic E-state index is 0.339. The summed E-state index contributed by atoms with van der Waals surface area (Å²) in [4.78, 5) is 12.0. The first-order valence-electron chi connectivity index (χ1n) is 5.83. The molecule has 0 radical (unpaired) electrons. The first-order chi connectivity index (χ1) is 9.06. The van der Waals surface area contributed by atoms with Gasteiger partial charge in [0, 0.05) is 0 Å². The predicted octanol–water partition coefficient (Wildman–Crippen LogP) is 1.73. The van der Waals surface area contributed by atoms with Crippen LogP contribution in [0.4, 0.5) is 0 Å². The van der Waals surface area contributed by atoms with Gasteiger partial charge in [-0.3, -0.25) is 14.9 Å². The van der Waals surface area contributed by atoms with Gasteiger partial charge >= 0.3 is 0 Å². The van der Waals surface area contributed by atoms with Gasteiger partial charge < -0.3 is 0 Å². The Morgan fingerprint density at radius 2 is 2.00 bits per heavy atom. The highest BCUT2D eigenvalue weighted by Crippen LogP contribution is 2.26. The summed E-state index contributed by atoms with van der Waals surface area (Å²) in [6.07, 6.45) is 0. The van der Waals surface area contributed by atoms with Crippen molar-refractivity contribution in [2.24, 2.45) is 5.84 Å². The molecule has 3 N–H and O–H groups in total. The molecular weight excluding hydrogens is 264 g/mol. The number of rotatable bonds is 3. The maximum atomic E-state index is 12.0. The lowest BCUT2D eigenvalue weighted by Crippen LogP contribution is -2.38. The van der Waals surface area contributed by atoms with Crippen LogP contribution in [0.3, 0.4) is 0 Å². The predicted molar refractivity (Wildman–Crippen MR) is 73.6 cm³/mol. The summed E-state index contributed by atoms with van der Waals surface area (Å²) >= 11 is 6.13. The molecule has 6 heteroatoms. The van der Waals surface area contributed by atoms with Gasteiger partial charge in [-0.25, -0.2) is 5.84 Å². The highest BCUT2D eigenvalue weighted by Gasteiger charge is 2.25. The molecule has 2 rings (SSSR count). The molecule has 0 spiro atoms. The van der Waals surface area contributed by atoms with Gasteiger partial charge in [-0.2, -0.15) is 5.10 Å². The first-order valence-corrected chi connectivity index (χ1v) is 6.20. The number of hydrazine groups is 1. The van der Waals surface area contributed by atoms with Crippen LogP contribution in [0.5, 0.6) is 0 Å². The van der Waals surface area contributed by atoms with E-state index in [0.717, 1.165) is 11.3 Å². The fraction of sp³-hybridized carbons (Fsp3) is 0.231. The van der Waals surface area contributed by atoms with Crippen LogP contribution in [0.25, 0.3) is 0 Å². The molecule has 1 heterocycles. The van der Waals surface area contributed by atoms with Crippen molar-refractivity contribution in [3.63, 3.8) is 0 Å². The summed E-state index contributed by atoms with van der Waals surface area (Å²) in [5.74, 6) is 4.93. The van der Waals surface area contributed by atoms with Crippen molar-refractivity contribution in [3.05, 3.63) is 52.3 Å². The third-order valence-electron chi connectivity index (χ3n) is 2.99. The molecule has 0 aliphatic carbocycles. The molecule has 1 aromatic carbocycles. The summed E-state index contributed by atoms with van der Waals surface area (Å²) in [6, 6.07) is 8.68. The lowest BCUT2D eigenvalue weighted by molar-refractivity contribution is -0.123. The van der Waals surface area contributed by atoms with Crippen LogP contribution in [0, 0.1) is 13.8 Å². The number of hydrogen-bond donors (Lipinski definition) is 2. The Kier molecular flexibility index (Phi) is 3.87. The van der Waals surface area contributed by atoms with Gasteiger partial charge in [-0.15, -0.1) is 0 Å². The summed E-state index contributed by atoms with van der Waals surface area (Å²) in [5.41, 5.74) is 4.39. The normalized spacial score (nSPS) is 12.2. The van der Waals surface area contributed by atoms with Crippen molar-refractivity contribution in [2.45, 2.75) is 19.9 Å². The molecule has 0 aliphatic heterocycles. The minimum atomic E-state index is -0.627. The van der Waals surface area contributed by atoms with E-state index in [1.165, 1.54) is 0 Å². The molecule has 100 valence electrons. The van der Waals surface area contributed by atoms with E-state index in [9.17, 15) is 4.79 Å². The number of carbonyl (C=O) groups excluding carboxylic acids is 1. The Labute approximate surface area is 116 Å². The Balaban J connectivity index is 2.56. The van der Waals surface area contributed by atoms with Gasteiger partial charge in [-0.05, 0) is 19.4 Å². The van der Waals surface area contributed by atoms with Gasteiger partial charge in [0.15, 0.2) is 6.04 Å². The van der Waals surface area contributed by atoms with E-state index in [2.05, 4.69) is 10.5 Å². The maximum Gasteiger partial charge on any atom is 0.263 e. The van der Waals surface area contributed by atoms with E-state index >= 15 is 0 Å². The highest BCUT2D eigenvalue weighted by molar-refractivity contribution is 6.31. The number of benzene rings is 1. The number of aryl methyl sites for hydroxylation is 1. The molecule has 1 amide bonds. The van der Waals surface area contributed by atoms with Crippen molar-refractivity contribution in [2.75, 3.05) is 0 Å². The van der Waals surface area contributed by atoms with Crippen LogP contribution < -0.4 is 11.3 Å². The van der Waals surface area contributed by atoms with Crippen molar-refractivity contribution in [1.29, 1.82) is 0 Å². The van der Waals surface area contributed by atoms with Gasteiger partial charge in [0.2, 0.25) is 0 Å². The standard InChI is InChI=1S/C13H15ClN4O/c1-8-11(14)9(2)18(17-8)12(13(19)16-15)10-6-4-3-5-7-10/h3-7,12H,15H2,1-2H3,(H,16,19). The molecule has 1 aromatic heterocycles. The van der Waals surface area contributed by atoms with Crippen LogP contribution in [0.2, 0.25) is 5.02 Å². The van der Waals surface area contributed by atoms with Crippen LogP contribution in [-0.2, 0) is 4.79 Å². The molecule has 19 heavy (non-hydrogen) atoms. The van der Waals surface area contributed by atoms with Crippen molar-refractivity contribution in [1.82, 2.24) is 15.2 Å². The van der Waals surface area contributed by atoms with Crippen LogP contribution in [0.15, 0.2) is 30.3 Å². The Bertz CT molecular complexity index is 594.